The van der Waals surface area contributed by atoms with Crippen molar-refractivity contribution in [3.8, 4) is 5.75 Å². The van der Waals surface area contributed by atoms with Gasteiger partial charge in [-0.2, -0.15) is 0 Å². The van der Waals surface area contributed by atoms with Crippen molar-refractivity contribution < 1.29 is 23.0 Å². The monoisotopic (exact) mass is 364 g/mol. The predicted molar refractivity (Wildman–Crippen MR) is 88.9 cm³/mol. The Bertz CT molecular complexity index is 561. The molecule has 0 saturated carbocycles. The zero-order valence-electron chi connectivity index (χ0n) is 13.8. The molecule has 1 aliphatic rings. The van der Waals surface area contributed by atoms with Crippen LogP contribution in [0.2, 0.25) is 0 Å². The third-order valence-corrected chi connectivity index (χ3v) is 4.23. The number of benzene rings is 1. The topological polar surface area (TPSA) is 59.6 Å². The Kier molecular flexibility index (Phi) is 7.86. The Morgan fingerprint density at radius 2 is 1.88 bits per heavy atom. The molecule has 2 N–H and O–H groups in total. The maximum Gasteiger partial charge on any atom is 0.258 e. The largest absolute Gasteiger partial charge is 0.493 e. The van der Waals surface area contributed by atoms with Gasteiger partial charge in [-0.05, 0) is 38.1 Å². The second kappa shape index (κ2) is 9.15. The number of ether oxygens (including phenoxy) is 2. The molecular formula is C16H23ClF2N2O3. The standard InChI is InChI=1S/C16H22F2N2O3.ClH/c1-22-10-16(5-7-19-8-6-16)9-20-15(21)13-11(17)3-4-12(18)14(13)23-2;/h3-4,19H,5-10H2,1-2H3,(H,20,21);1H. The molecule has 0 spiro atoms. The first kappa shape index (κ1) is 20.6. The summed E-state index contributed by atoms with van der Waals surface area (Å²) in [5, 5.41) is 5.96. The van der Waals surface area contributed by atoms with Gasteiger partial charge in [-0.25, -0.2) is 8.78 Å². The predicted octanol–water partition coefficient (Wildman–Crippen LogP) is 2.14. The van der Waals surface area contributed by atoms with Crippen molar-refractivity contribution in [3.05, 3.63) is 29.3 Å². The number of carbonyl (C=O) groups is 1. The average Bonchev–Trinajstić information content (AvgIpc) is 2.55. The third kappa shape index (κ3) is 4.55. The molecule has 0 aliphatic carbocycles. The lowest BCUT2D eigenvalue weighted by Gasteiger charge is -2.37. The van der Waals surface area contributed by atoms with Gasteiger partial charge in [0.25, 0.3) is 5.91 Å². The summed E-state index contributed by atoms with van der Waals surface area (Å²) in [6.07, 6.45) is 1.67. The van der Waals surface area contributed by atoms with E-state index in [0.29, 0.717) is 13.2 Å². The van der Waals surface area contributed by atoms with Crippen LogP contribution in [0.3, 0.4) is 0 Å². The fourth-order valence-electron chi connectivity index (χ4n) is 2.94. The van der Waals surface area contributed by atoms with Gasteiger partial charge < -0.3 is 20.1 Å². The number of halogens is 3. The minimum Gasteiger partial charge on any atom is -0.493 e. The Balaban J connectivity index is 0.00000288. The minimum atomic E-state index is -0.813. The summed E-state index contributed by atoms with van der Waals surface area (Å²) in [7, 11) is 2.81. The number of carbonyl (C=O) groups excluding carboxylic acids is 1. The molecule has 1 aromatic carbocycles. The highest BCUT2D eigenvalue weighted by atomic mass is 35.5. The van der Waals surface area contributed by atoms with Crippen LogP contribution < -0.4 is 15.4 Å². The molecule has 1 aromatic rings. The summed E-state index contributed by atoms with van der Waals surface area (Å²) in [4.78, 5) is 12.3. The zero-order valence-corrected chi connectivity index (χ0v) is 14.6. The maximum atomic E-state index is 13.9. The number of methoxy groups -OCH3 is 2. The lowest BCUT2D eigenvalue weighted by Crippen LogP contribution is -2.47. The van der Waals surface area contributed by atoms with E-state index in [4.69, 9.17) is 9.47 Å². The number of hydrogen-bond donors (Lipinski definition) is 2. The SMILES string of the molecule is COCC1(CNC(=O)c2c(F)ccc(F)c2OC)CCNCC1.Cl. The Morgan fingerprint density at radius 1 is 1.25 bits per heavy atom. The van der Waals surface area contributed by atoms with Crippen LogP contribution in [0.5, 0.6) is 5.75 Å². The van der Waals surface area contributed by atoms with E-state index in [1.807, 2.05) is 0 Å². The molecule has 24 heavy (non-hydrogen) atoms. The lowest BCUT2D eigenvalue weighted by atomic mass is 9.79. The van der Waals surface area contributed by atoms with Crippen LogP contribution in [-0.4, -0.2) is 46.4 Å². The molecule has 1 fully saturated rings. The van der Waals surface area contributed by atoms with Crippen LogP contribution in [0.4, 0.5) is 8.78 Å². The van der Waals surface area contributed by atoms with Crippen LogP contribution in [0.15, 0.2) is 12.1 Å². The van der Waals surface area contributed by atoms with E-state index in [-0.39, 0.29) is 23.6 Å². The summed E-state index contributed by atoms with van der Waals surface area (Å²) < 4.78 is 37.7. The summed E-state index contributed by atoms with van der Waals surface area (Å²) >= 11 is 0. The Morgan fingerprint density at radius 3 is 2.46 bits per heavy atom. The second-order valence-electron chi connectivity index (χ2n) is 5.80. The number of amides is 1. The highest BCUT2D eigenvalue weighted by Crippen LogP contribution is 2.29. The van der Waals surface area contributed by atoms with Crippen molar-refractivity contribution in [3.63, 3.8) is 0 Å². The molecule has 0 radical (unpaired) electrons. The molecule has 1 heterocycles. The second-order valence-corrected chi connectivity index (χ2v) is 5.80. The van der Waals surface area contributed by atoms with Gasteiger partial charge in [0.2, 0.25) is 0 Å². The molecule has 1 amide bonds. The lowest BCUT2D eigenvalue weighted by molar-refractivity contribution is 0.0510. The fourth-order valence-corrected chi connectivity index (χ4v) is 2.94. The molecule has 0 unspecified atom stereocenters. The number of hydrogen-bond acceptors (Lipinski definition) is 4. The molecule has 1 saturated heterocycles. The first-order chi connectivity index (χ1) is 11.0. The first-order valence-corrected chi connectivity index (χ1v) is 7.53. The molecule has 2 rings (SSSR count). The van der Waals surface area contributed by atoms with Gasteiger partial charge in [0, 0.05) is 19.1 Å². The molecule has 136 valence electrons. The van der Waals surface area contributed by atoms with Gasteiger partial charge in [-0.1, -0.05) is 0 Å². The van der Waals surface area contributed by atoms with Crippen molar-refractivity contribution in [2.75, 3.05) is 40.5 Å². The molecule has 0 atom stereocenters. The summed E-state index contributed by atoms with van der Waals surface area (Å²) in [5.74, 6) is -2.65. The summed E-state index contributed by atoms with van der Waals surface area (Å²) in [5.41, 5.74) is -0.610. The van der Waals surface area contributed by atoms with Gasteiger partial charge in [-0.15, -0.1) is 12.4 Å². The van der Waals surface area contributed by atoms with Crippen LogP contribution in [0.25, 0.3) is 0 Å². The first-order valence-electron chi connectivity index (χ1n) is 7.53. The number of rotatable bonds is 6. The van der Waals surface area contributed by atoms with E-state index in [1.54, 1.807) is 7.11 Å². The van der Waals surface area contributed by atoms with E-state index < -0.39 is 23.1 Å². The fraction of sp³-hybridized carbons (Fsp3) is 0.562. The molecule has 0 bridgehead atoms. The average molecular weight is 365 g/mol. The Labute approximate surface area is 146 Å². The van der Waals surface area contributed by atoms with Gasteiger partial charge in [0.05, 0.1) is 13.7 Å². The highest BCUT2D eigenvalue weighted by Gasteiger charge is 2.33. The van der Waals surface area contributed by atoms with Crippen molar-refractivity contribution in [2.45, 2.75) is 12.8 Å². The van der Waals surface area contributed by atoms with Gasteiger partial charge in [-0.3, -0.25) is 4.79 Å². The maximum absolute atomic E-state index is 13.9. The molecule has 1 aliphatic heterocycles. The van der Waals surface area contributed by atoms with E-state index in [1.165, 1.54) is 7.11 Å². The van der Waals surface area contributed by atoms with Gasteiger partial charge >= 0.3 is 0 Å². The molecule has 8 heteroatoms. The van der Waals surface area contributed by atoms with E-state index in [0.717, 1.165) is 38.1 Å². The molecule has 0 aromatic heterocycles. The molecule has 5 nitrogen and oxygen atoms in total. The third-order valence-electron chi connectivity index (χ3n) is 4.23. The zero-order chi connectivity index (χ0) is 16.9. The molecular weight excluding hydrogens is 342 g/mol. The van der Waals surface area contributed by atoms with E-state index >= 15 is 0 Å². The van der Waals surface area contributed by atoms with Crippen LogP contribution in [0.1, 0.15) is 23.2 Å². The van der Waals surface area contributed by atoms with Crippen LogP contribution >= 0.6 is 12.4 Å². The van der Waals surface area contributed by atoms with E-state index in [2.05, 4.69) is 10.6 Å². The van der Waals surface area contributed by atoms with Crippen molar-refractivity contribution in [1.29, 1.82) is 0 Å². The smallest absolute Gasteiger partial charge is 0.258 e. The van der Waals surface area contributed by atoms with Crippen molar-refractivity contribution >= 4 is 18.3 Å². The minimum absolute atomic E-state index is 0. The van der Waals surface area contributed by atoms with Crippen LogP contribution in [0, 0.1) is 17.0 Å². The quantitative estimate of drug-likeness (QED) is 0.812. The number of piperidine rings is 1. The van der Waals surface area contributed by atoms with Crippen molar-refractivity contribution in [1.82, 2.24) is 10.6 Å². The summed E-state index contributed by atoms with van der Waals surface area (Å²) in [6, 6.07) is 1.85. The normalized spacial score (nSPS) is 16.2. The highest BCUT2D eigenvalue weighted by molar-refractivity contribution is 5.97. The Hall–Kier alpha value is -1.44. The summed E-state index contributed by atoms with van der Waals surface area (Å²) in [6.45, 7) is 2.49. The number of nitrogens with one attached hydrogen (secondary N) is 2. The van der Waals surface area contributed by atoms with Crippen molar-refractivity contribution in [2.24, 2.45) is 5.41 Å². The van der Waals surface area contributed by atoms with Gasteiger partial charge in [0.1, 0.15) is 11.4 Å². The van der Waals surface area contributed by atoms with Crippen LogP contribution in [-0.2, 0) is 4.74 Å². The van der Waals surface area contributed by atoms with E-state index in [9.17, 15) is 13.6 Å². The van der Waals surface area contributed by atoms with Gasteiger partial charge in [0.15, 0.2) is 11.6 Å².